The highest BCUT2D eigenvalue weighted by Crippen LogP contribution is 2.19. The fourth-order valence-corrected chi connectivity index (χ4v) is 3.03. The van der Waals surface area contributed by atoms with E-state index in [9.17, 15) is 4.79 Å². The van der Waals surface area contributed by atoms with Crippen molar-refractivity contribution >= 4 is 21.2 Å². The van der Waals surface area contributed by atoms with Crippen molar-refractivity contribution in [3.05, 3.63) is 12.2 Å². The Morgan fingerprint density at radius 1 is 1.21 bits per heavy atom. The second kappa shape index (κ2) is 4.44. The van der Waals surface area contributed by atoms with Crippen molar-refractivity contribution in [1.29, 1.82) is 0 Å². The molecule has 0 amide bonds. The molecule has 0 aromatic rings. The molecule has 82 valence electrons. The van der Waals surface area contributed by atoms with Gasteiger partial charge in [0.2, 0.25) is 0 Å². The van der Waals surface area contributed by atoms with Gasteiger partial charge in [0.15, 0.2) is 0 Å². The third-order valence-electron chi connectivity index (χ3n) is 2.94. The van der Waals surface area contributed by atoms with E-state index in [-0.39, 0.29) is 5.97 Å². The summed E-state index contributed by atoms with van der Waals surface area (Å²) in [7, 11) is -2.51. The monoisotopic (exact) mass is 230 g/mol. The molecule has 0 atom stereocenters. The summed E-state index contributed by atoms with van der Waals surface area (Å²) in [5.41, 5.74) is 0.491. The maximum Gasteiger partial charge on any atom is 0.332 e. The van der Waals surface area contributed by atoms with Crippen molar-refractivity contribution in [2.24, 2.45) is 0 Å². The molecule has 0 aromatic heterocycles. The van der Waals surface area contributed by atoms with Gasteiger partial charge in [-0.15, -0.1) is 0 Å². The van der Waals surface area contributed by atoms with Crippen molar-refractivity contribution in [2.45, 2.75) is 39.7 Å². The lowest BCUT2D eigenvalue weighted by Gasteiger charge is -2.34. The molecule has 0 radical (unpaired) electrons. The smallest absolute Gasteiger partial charge is 0.332 e. The highest BCUT2D eigenvalue weighted by atomic mass is 29.3. The molecule has 0 bridgehead atoms. The average molecular weight is 230 g/mol. The largest absolute Gasteiger partial charge is 0.466 e. The number of hydrogen-bond acceptors (Lipinski definition) is 2. The Bertz CT molecular complexity index is 239. The van der Waals surface area contributed by atoms with E-state index in [4.69, 9.17) is 4.74 Å². The van der Waals surface area contributed by atoms with Crippen LogP contribution in [-0.4, -0.2) is 27.4 Å². The minimum absolute atomic E-state index is 0.246. The fourth-order valence-electron chi connectivity index (χ4n) is 0.586. The van der Waals surface area contributed by atoms with Crippen LogP contribution in [0.2, 0.25) is 32.7 Å². The Kier molecular flexibility index (Phi) is 4.33. The van der Waals surface area contributed by atoms with Gasteiger partial charge in [-0.2, -0.15) is 0 Å². The van der Waals surface area contributed by atoms with Crippen molar-refractivity contribution in [1.82, 2.24) is 0 Å². The molecular weight excluding hydrogens is 208 g/mol. The van der Waals surface area contributed by atoms with E-state index in [2.05, 4.69) is 39.3 Å². The molecule has 0 saturated carbocycles. The molecule has 0 spiro atoms. The number of rotatable bonds is 4. The maximum absolute atomic E-state index is 11.2. The minimum Gasteiger partial charge on any atom is -0.466 e. The van der Waals surface area contributed by atoms with Gasteiger partial charge in [-0.1, -0.05) is 39.3 Å². The van der Waals surface area contributed by atoms with Crippen LogP contribution in [0, 0.1) is 0 Å². The number of esters is 1. The van der Waals surface area contributed by atoms with Crippen LogP contribution < -0.4 is 0 Å². The third kappa shape index (κ3) is 3.80. The van der Waals surface area contributed by atoms with E-state index >= 15 is 0 Å². The van der Waals surface area contributed by atoms with Crippen molar-refractivity contribution in [3.63, 3.8) is 0 Å². The molecular formula is C10H22O2Si2. The van der Waals surface area contributed by atoms with Crippen molar-refractivity contribution in [3.8, 4) is 0 Å². The molecule has 2 nitrogen and oxygen atoms in total. The molecule has 0 N–H and O–H groups in total. The van der Waals surface area contributed by atoms with Crippen LogP contribution in [0.25, 0.3) is 0 Å². The minimum atomic E-state index is -1.36. The first-order chi connectivity index (χ1) is 6.08. The molecule has 0 aromatic carbocycles. The standard InChI is InChI=1S/C10H22O2Si2/c1-9(2)10(11)12-8-14(6,7)13(3,4)5/h1,8H2,2-7H3. The summed E-state index contributed by atoms with van der Waals surface area (Å²) in [5, 5.41) is 0. The molecule has 0 saturated heterocycles. The highest BCUT2D eigenvalue weighted by molar-refractivity contribution is 7.40. The Balaban J connectivity index is 4.27. The van der Waals surface area contributed by atoms with Gasteiger partial charge >= 0.3 is 5.97 Å². The molecule has 0 fully saturated rings. The van der Waals surface area contributed by atoms with E-state index in [1.165, 1.54) is 0 Å². The molecule has 4 heteroatoms. The van der Waals surface area contributed by atoms with Crippen LogP contribution in [0.4, 0.5) is 0 Å². The van der Waals surface area contributed by atoms with Gasteiger partial charge in [0.05, 0.1) is 13.8 Å². The second-order valence-electron chi connectivity index (χ2n) is 5.49. The molecule has 0 heterocycles. The summed E-state index contributed by atoms with van der Waals surface area (Å²) in [6.45, 7) is 16.9. The fraction of sp³-hybridized carbons (Fsp3) is 0.700. The van der Waals surface area contributed by atoms with Crippen molar-refractivity contribution in [2.75, 3.05) is 6.23 Å². The van der Waals surface area contributed by atoms with Gasteiger partial charge < -0.3 is 4.74 Å². The zero-order chi connectivity index (χ0) is 11.6. The molecule has 14 heavy (non-hydrogen) atoms. The number of carbonyl (C=O) groups is 1. The number of carbonyl (C=O) groups excluding carboxylic acids is 1. The first-order valence-corrected chi connectivity index (χ1v) is 12.6. The first-order valence-electron chi connectivity index (χ1n) is 4.90. The lowest BCUT2D eigenvalue weighted by atomic mass is 10.4. The zero-order valence-electron chi connectivity index (χ0n) is 10.2. The Labute approximate surface area is 89.2 Å². The summed E-state index contributed by atoms with van der Waals surface area (Å²) in [5.74, 6) is -0.246. The molecule has 0 rings (SSSR count). The Hall–Kier alpha value is -0.356. The zero-order valence-corrected chi connectivity index (χ0v) is 12.2. The van der Waals surface area contributed by atoms with Crippen molar-refractivity contribution < 1.29 is 9.53 Å². The number of hydrogen-bond donors (Lipinski definition) is 0. The van der Waals surface area contributed by atoms with Gasteiger partial charge in [0.1, 0.15) is 0 Å². The van der Waals surface area contributed by atoms with E-state index < -0.39 is 15.2 Å². The topological polar surface area (TPSA) is 26.3 Å². The normalized spacial score (nSPS) is 12.4. The van der Waals surface area contributed by atoms with Gasteiger partial charge in [0.25, 0.3) is 0 Å². The van der Waals surface area contributed by atoms with Gasteiger partial charge in [-0.25, -0.2) is 4.79 Å². The molecule has 0 aliphatic rings. The molecule has 0 unspecified atom stereocenters. The highest BCUT2D eigenvalue weighted by Gasteiger charge is 2.38. The predicted molar refractivity (Wildman–Crippen MR) is 66.6 cm³/mol. The second-order valence-corrected chi connectivity index (χ2v) is 22.6. The third-order valence-corrected chi connectivity index (χ3v) is 20.5. The quantitative estimate of drug-likeness (QED) is 0.422. The maximum atomic E-state index is 11.2. The molecule has 0 aliphatic carbocycles. The first kappa shape index (κ1) is 13.6. The van der Waals surface area contributed by atoms with E-state index in [0.29, 0.717) is 11.8 Å². The lowest BCUT2D eigenvalue weighted by molar-refractivity contribution is -0.137. The van der Waals surface area contributed by atoms with E-state index in [1.54, 1.807) is 6.92 Å². The summed E-state index contributed by atoms with van der Waals surface area (Å²) in [6, 6.07) is 0. The summed E-state index contributed by atoms with van der Waals surface area (Å²) in [6.07, 6.45) is 0.633. The van der Waals surface area contributed by atoms with Gasteiger partial charge in [-0.05, 0) is 6.92 Å². The van der Waals surface area contributed by atoms with Crippen LogP contribution in [0.5, 0.6) is 0 Å². The van der Waals surface area contributed by atoms with Gasteiger partial charge in [0, 0.05) is 13.2 Å². The van der Waals surface area contributed by atoms with Crippen LogP contribution in [0.3, 0.4) is 0 Å². The van der Waals surface area contributed by atoms with E-state index in [1.807, 2.05) is 0 Å². The number of ether oxygens (including phenoxy) is 1. The molecule has 0 aliphatic heterocycles. The summed E-state index contributed by atoms with van der Waals surface area (Å²) >= 11 is 0. The van der Waals surface area contributed by atoms with Crippen LogP contribution in [0.15, 0.2) is 12.2 Å². The van der Waals surface area contributed by atoms with Crippen LogP contribution >= 0.6 is 0 Å². The Morgan fingerprint density at radius 2 is 1.64 bits per heavy atom. The van der Waals surface area contributed by atoms with Crippen LogP contribution in [-0.2, 0) is 9.53 Å². The predicted octanol–water partition coefficient (Wildman–Crippen LogP) is 2.77. The summed E-state index contributed by atoms with van der Waals surface area (Å²) in [4.78, 5) is 11.2. The van der Waals surface area contributed by atoms with Crippen LogP contribution in [0.1, 0.15) is 6.92 Å². The lowest BCUT2D eigenvalue weighted by Crippen LogP contribution is -2.56. The van der Waals surface area contributed by atoms with E-state index in [0.717, 1.165) is 0 Å². The van der Waals surface area contributed by atoms with Gasteiger partial charge in [-0.3, -0.25) is 0 Å². The Morgan fingerprint density at radius 3 is 1.93 bits per heavy atom. The summed E-state index contributed by atoms with van der Waals surface area (Å²) < 4.78 is 5.25. The average Bonchev–Trinajstić information content (AvgIpc) is 1.97. The SMILES string of the molecule is C=C(C)C(=O)OC[Si](C)(C)[Si](C)(C)C.